The van der Waals surface area contributed by atoms with Crippen LogP contribution in [0.25, 0.3) is 0 Å². The van der Waals surface area contributed by atoms with Crippen LogP contribution in [0, 0.1) is 13.8 Å². The van der Waals surface area contributed by atoms with Gasteiger partial charge in [0.05, 0.1) is 27.8 Å². The van der Waals surface area contributed by atoms with Crippen molar-refractivity contribution in [3.05, 3.63) is 33.9 Å². The third-order valence-corrected chi connectivity index (χ3v) is 3.52. The van der Waals surface area contributed by atoms with Gasteiger partial charge in [-0.2, -0.15) is 10.2 Å². The summed E-state index contributed by atoms with van der Waals surface area (Å²) >= 11 is 6.17. The maximum atomic E-state index is 10.3. The lowest BCUT2D eigenvalue weighted by molar-refractivity contribution is 0.166. The summed E-state index contributed by atoms with van der Waals surface area (Å²) in [6.07, 6.45) is -0.210. The van der Waals surface area contributed by atoms with E-state index >= 15 is 0 Å². The zero-order chi connectivity index (χ0) is 13.4. The Labute approximate surface area is 111 Å². The van der Waals surface area contributed by atoms with E-state index in [2.05, 4.69) is 10.2 Å². The Balaban J connectivity index is 2.26. The zero-order valence-electron chi connectivity index (χ0n) is 11.0. The molecule has 5 nitrogen and oxygen atoms in total. The Kier molecular flexibility index (Phi) is 3.45. The number of nitrogens with zero attached hydrogens (tertiary/aromatic N) is 4. The van der Waals surface area contributed by atoms with E-state index in [1.807, 2.05) is 34.0 Å². The fourth-order valence-corrected chi connectivity index (χ4v) is 2.37. The Bertz CT molecular complexity index is 573. The lowest BCUT2D eigenvalue weighted by Gasteiger charge is -2.11. The molecule has 0 amide bonds. The molecule has 0 saturated carbocycles. The zero-order valence-corrected chi connectivity index (χ0v) is 11.7. The van der Waals surface area contributed by atoms with Gasteiger partial charge in [0.25, 0.3) is 0 Å². The minimum absolute atomic E-state index is 0.426. The summed E-state index contributed by atoms with van der Waals surface area (Å²) in [6.45, 7) is 3.75. The van der Waals surface area contributed by atoms with Gasteiger partial charge in [-0.05, 0) is 19.9 Å². The summed E-state index contributed by atoms with van der Waals surface area (Å²) in [6, 6.07) is 1.88. The first kappa shape index (κ1) is 13.1. The molecule has 2 heterocycles. The van der Waals surface area contributed by atoms with Crippen molar-refractivity contribution in [2.75, 3.05) is 0 Å². The minimum Gasteiger partial charge on any atom is -0.386 e. The smallest absolute Gasteiger partial charge is 0.101 e. The van der Waals surface area contributed by atoms with Crippen LogP contribution in [0.15, 0.2) is 6.07 Å². The predicted molar refractivity (Wildman–Crippen MR) is 69.6 cm³/mol. The number of hydrogen-bond donors (Lipinski definition) is 1. The quantitative estimate of drug-likeness (QED) is 0.922. The van der Waals surface area contributed by atoms with E-state index in [1.165, 1.54) is 0 Å². The molecule has 0 spiro atoms. The van der Waals surface area contributed by atoms with Gasteiger partial charge >= 0.3 is 0 Å². The van der Waals surface area contributed by atoms with Gasteiger partial charge in [-0.3, -0.25) is 9.36 Å². The van der Waals surface area contributed by atoms with Gasteiger partial charge < -0.3 is 5.11 Å². The second kappa shape index (κ2) is 4.74. The molecule has 0 aliphatic rings. The van der Waals surface area contributed by atoms with E-state index in [4.69, 9.17) is 11.6 Å². The fourth-order valence-electron chi connectivity index (χ4n) is 2.13. The van der Waals surface area contributed by atoms with E-state index in [0.29, 0.717) is 11.4 Å². The molecule has 0 fully saturated rings. The molecule has 1 unspecified atom stereocenters. The Morgan fingerprint density at radius 2 is 1.94 bits per heavy atom. The van der Waals surface area contributed by atoms with Crippen molar-refractivity contribution in [3.63, 3.8) is 0 Å². The van der Waals surface area contributed by atoms with Crippen molar-refractivity contribution in [1.29, 1.82) is 0 Å². The third-order valence-electron chi connectivity index (χ3n) is 3.03. The van der Waals surface area contributed by atoms with Gasteiger partial charge in [0.1, 0.15) is 6.10 Å². The van der Waals surface area contributed by atoms with Crippen LogP contribution in [-0.2, 0) is 20.5 Å². The number of halogens is 1. The van der Waals surface area contributed by atoms with Crippen molar-refractivity contribution in [2.45, 2.75) is 26.4 Å². The molecule has 0 aliphatic heterocycles. The SMILES string of the molecule is Cc1cc(C(O)Cc2c(Cl)c(C)nn2C)n(C)n1. The fraction of sp³-hybridized carbons (Fsp3) is 0.500. The molecule has 1 atom stereocenters. The predicted octanol–water partition coefficient (Wildman–Crippen LogP) is 1.70. The monoisotopic (exact) mass is 268 g/mol. The number of aromatic nitrogens is 4. The van der Waals surface area contributed by atoms with E-state index < -0.39 is 6.10 Å². The van der Waals surface area contributed by atoms with Crippen LogP contribution in [0.1, 0.15) is 28.9 Å². The largest absolute Gasteiger partial charge is 0.386 e. The molecule has 2 aromatic rings. The average Bonchev–Trinajstić information content (AvgIpc) is 2.73. The summed E-state index contributed by atoms with van der Waals surface area (Å²) in [7, 11) is 3.65. The van der Waals surface area contributed by atoms with Crippen molar-refractivity contribution in [1.82, 2.24) is 19.6 Å². The van der Waals surface area contributed by atoms with Crippen molar-refractivity contribution in [3.8, 4) is 0 Å². The topological polar surface area (TPSA) is 55.9 Å². The second-order valence-electron chi connectivity index (χ2n) is 4.52. The second-order valence-corrected chi connectivity index (χ2v) is 4.90. The first-order valence-electron chi connectivity index (χ1n) is 5.76. The van der Waals surface area contributed by atoms with Crippen LogP contribution in [0.5, 0.6) is 0 Å². The molecule has 0 aliphatic carbocycles. The molecule has 98 valence electrons. The normalized spacial score (nSPS) is 13.0. The minimum atomic E-state index is -0.636. The van der Waals surface area contributed by atoms with E-state index in [1.54, 1.807) is 9.36 Å². The Morgan fingerprint density at radius 1 is 1.28 bits per heavy atom. The molecule has 1 N–H and O–H groups in total. The summed E-state index contributed by atoms with van der Waals surface area (Å²) in [4.78, 5) is 0. The molecule has 6 heteroatoms. The molecule has 0 bridgehead atoms. The third kappa shape index (κ3) is 2.28. The lowest BCUT2D eigenvalue weighted by atomic mass is 10.1. The number of rotatable bonds is 3. The van der Waals surface area contributed by atoms with Crippen molar-refractivity contribution in [2.24, 2.45) is 14.1 Å². The van der Waals surface area contributed by atoms with Crippen LogP contribution >= 0.6 is 11.6 Å². The van der Waals surface area contributed by atoms with E-state index in [0.717, 1.165) is 22.8 Å². The number of aliphatic hydroxyl groups excluding tert-OH is 1. The summed E-state index contributed by atoms with van der Waals surface area (Å²) < 4.78 is 3.40. The molecule has 0 radical (unpaired) electrons. The summed E-state index contributed by atoms with van der Waals surface area (Å²) in [5.74, 6) is 0. The van der Waals surface area contributed by atoms with Crippen LogP contribution in [0.2, 0.25) is 5.02 Å². The maximum absolute atomic E-state index is 10.3. The van der Waals surface area contributed by atoms with Gasteiger partial charge in [-0.15, -0.1) is 0 Å². The Hall–Kier alpha value is -1.33. The molecular weight excluding hydrogens is 252 g/mol. The molecule has 2 rings (SSSR count). The number of aryl methyl sites for hydroxylation is 4. The van der Waals surface area contributed by atoms with Gasteiger partial charge in [0.15, 0.2) is 0 Å². The highest BCUT2D eigenvalue weighted by molar-refractivity contribution is 6.31. The molecular formula is C12H17ClN4O. The highest BCUT2D eigenvalue weighted by Crippen LogP contribution is 2.25. The van der Waals surface area contributed by atoms with Gasteiger partial charge in [0, 0.05) is 20.5 Å². The maximum Gasteiger partial charge on any atom is 0.101 e. The molecule has 0 aromatic carbocycles. The van der Waals surface area contributed by atoms with Crippen LogP contribution in [-0.4, -0.2) is 24.7 Å². The molecule has 2 aromatic heterocycles. The molecule has 0 saturated heterocycles. The average molecular weight is 269 g/mol. The summed E-state index contributed by atoms with van der Waals surface area (Å²) in [5, 5.41) is 19.3. The lowest BCUT2D eigenvalue weighted by Crippen LogP contribution is -2.10. The molecule has 18 heavy (non-hydrogen) atoms. The van der Waals surface area contributed by atoms with Crippen molar-refractivity contribution >= 4 is 11.6 Å². The van der Waals surface area contributed by atoms with Crippen LogP contribution < -0.4 is 0 Å². The van der Waals surface area contributed by atoms with Crippen molar-refractivity contribution < 1.29 is 5.11 Å². The first-order valence-corrected chi connectivity index (χ1v) is 6.14. The number of aliphatic hydroxyl groups is 1. The van der Waals surface area contributed by atoms with E-state index in [-0.39, 0.29) is 0 Å². The van der Waals surface area contributed by atoms with E-state index in [9.17, 15) is 5.11 Å². The van der Waals surface area contributed by atoms with Crippen LogP contribution in [0.4, 0.5) is 0 Å². The van der Waals surface area contributed by atoms with Gasteiger partial charge in [-0.1, -0.05) is 11.6 Å². The highest BCUT2D eigenvalue weighted by Gasteiger charge is 2.19. The summed E-state index contributed by atoms with van der Waals surface area (Å²) in [5.41, 5.74) is 3.28. The standard InChI is InChI=1S/C12H17ClN4O/c1-7-5-9(16(3)14-7)11(18)6-10-12(13)8(2)15-17(10)4/h5,11,18H,6H2,1-4H3. The van der Waals surface area contributed by atoms with Gasteiger partial charge in [0.2, 0.25) is 0 Å². The highest BCUT2D eigenvalue weighted by atomic mass is 35.5. The van der Waals surface area contributed by atoms with Crippen LogP contribution in [0.3, 0.4) is 0 Å². The first-order chi connectivity index (χ1) is 8.40. The number of hydrogen-bond acceptors (Lipinski definition) is 3. The van der Waals surface area contributed by atoms with Gasteiger partial charge in [-0.25, -0.2) is 0 Å². The Morgan fingerprint density at radius 3 is 2.39 bits per heavy atom.